The summed E-state index contributed by atoms with van der Waals surface area (Å²) in [5.74, 6) is -0.331. The molecule has 17 heavy (non-hydrogen) atoms. The number of carbonyl (C=O) groups is 1. The molecule has 100 valence electrons. The second-order valence-corrected chi connectivity index (χ2v) is 5.49. The minimum absolute atomic E-state index is 0.0481. The van der Waals surface area contributed by atoms with E-state index in [0.29, 0.717) is 6.42 Å². The van der Waals surface area contributed by atoms with Crippen LogP contribution >= 0.6 is 0 Å². The Morgan fingerprint density at radius 2 is 1.76 bits per heavy atom. The maximum atomic E-state index is 11.3. The van der Waals surface area contributed by atoms with Gasteiger partial charge in [0.1, 0.15) is 0 Å². The third-order valence-electron chi connectivity index (χ3n) is 4.22. The Bertz CT molecular complexity index is 244. The van der Waals surface area contributed by atoms with Gasteiger partial charge >= 0.3 is 5.97 Å². The van der Waals surface area contributed by atoms with Crippen molar-refractivity contribution >= 4 is 5.97 Å². The van der Waals surface area contributed by atoms with Crippen molar-refractivity contribution in [3.63, 3.8) is 0 Å². The van der Waals surface area contributed by atoms with Crippen molar-refractivity contribution in [2.24, 2.45) is 11.8 Å². The van der Waals surface area contributed by atoms with Gasteiger partial charge in [0.05, 0.1) is 0 Å². The maximum Gasteiger partial charge on any atom is 0.335 e. The van der Waals surface area contributed by atoms with Gasteiger partial charge in [-0.25, -0.2) is 4.79 Å². The molecule has 0 heterocycles. The lowest BCUT2D eigenvalue weighted by atomic mass is 9.71. The molecule has 1 fully saturated rings. The molecule has 0 aromatic rings. The van der Waals surface area contributed by atoms with Gasteiger partial charge < -0.3 is 10.2 Å². The first kappa shape index (κ1) is 14.5. The van der Waals surface area contributed by atoms with Gasteiger partial charge in [-0.1, -0.05) is 46.0 Å². The highest BCUT2D eigenvalue weighted by molar-refractivity contribution is 5.77. The minimum Gasteiger partial charge on any atom is -0.479 e. The van der Waals surface area contributed by atoms with Gasteiger partial charge in [0.25, 0.3) is 0 Å². The van der Waals surface area contributed by atoms with Crippen LogP contribution in [0.1, 0.15) is 65.2 Å². The first-order valence-electron chi connectivity index (χ1n) is 7.00. The van der Waals surface area contributed by atoms with E-state index in [1.165, 1.54) is 12.8 Å². The number of aliphatic carboxylic acids is 1. The summed E-state index contributed by atoms with van der Waals surface area (Å²) in [7, 11) is 0. The standard InChI is InChI=1S/C14H26O3/c1-3-5-11-6-8-12(9-7-11)14(17,10-4-2)13(15)16/h11-12,17H,3-10H2,1-2H3,(H,15,16). The van der Waals surface area contributed by atoms with Gasteiger partial charge in [0.2, 0.25) is 0 Å². The van der Waals surface area contributed by atoms with Gasteiger partial charge in [-0.05, 0) is 31.1 Å². The molecule has 1 rings (SSSR count). The third kappa shape index (κ3) is 3.44. The predicted molar refractivity (Wildman–Crippen MR) is 67.8 cm³/mol. The van der Waals surface area contributed by atoms with E-state index in [1.54, 1.807) is 0 Å². The zero-order valence-electron chi connectivity index (χ0n) is 11.1. The number of hydrogen-bond acceptors (Lipinski definition) is 2. The fourth-order valence-corrected chi connectivity index (χ4v) is 3.20. The molecule has 3 nitrogen and oxygen atoms in total. The van der Waals surface area contributed by atoms with E-state index in [0.717, 1.165) is 38.0 Å². The Labute approximate surface area is 104 Å². The van der Waals surface area contributed by atoms with E-state index in [2.05, 4.69) is 6.92 Å². The van der Waals surface area contributed by atoms with Crippen LogP contribution in [0.4, 0.5) is 0 Å². The quantitative estimate of drug-likeness (QED) is 0.752. The normalized spacial score (nSPS) is 28.6. The molecule has 0 bridgehead atoms. The maximum absolute atomic E-state index is 11.3. The topological polar surface area (TPSA) is 57.5 Å². The lowest BCUT2D eigenvalue weighted by molar-refractivity contribution is -0.168. The summed E-state index contributed by atoms with van der Waals surface area (Å²) >= 11 is 0. The lowest BCUT2D eigenvalue weighted by Gasteiger charge is -2.37. The average Bonchev–Trinajstić information content (AvgIpc) is 2.30. The van der Waals surface area contributed by atoms with Crippen molar-refractivity contribution in [1.29, 1.82) is 0 Å². The zero-order chi connectivity index (χ0) is 12.9. The number of carboxylic acid groups (broad SMARTS) is 1. The van der Waals surface area contributed by atoms with Crippen molar-refractivity contribution in [1.82, 2.24) is 0 Å². The Balaban J connectivity index is 2.58. The Morgan fingerprint density at radius 1 is 1.18 bits per heavy atom. The molecule has 1 aliphatic rings. The van der Waals surface area contributed by atoms with Crippen molar-refractivity contribution in [2.45, 2.75) is 70.8 Å². The van der Waals surface area contributed by atoms with Crippen LogP contribution in [0, 0.1) is 11.8 Å². The highest BCUT2D eigenvalue weighted by atomic mass is 16.4. The van der Waals surface area contributed by atoms with Gasteiger partial charge in [-0.2, -0.15) is 0 Å². The Kier molecular flexibility index (Phi) is 5.44. The highest BCUT2D eigenvalue weighted by Gasteiger charge is 2.44. The van der Waals surface area contributed by atoms with Crippen molar-refractivity contribution < 1.29 is 15.0 Å². The second kappa shape index (κ2) is 6.39. The summed E-state index contributed by atoms with van der Waals surface area (Å²) in [5, 5.41) is 19.6. The number of rotatable bonds is 6. The van der Waals surface area contributed by atoms with E-state index in [9.17, 15) is 15.0 Å². The first-order valence-corrected chi connectivity index (χ1v) is 7.00. The monoisotopic (exact) mass is 242 g/mol. The van der Waals surface area contributed by atoms with Crippen molar-refractivity contribution in [2.75, 3.05) is 0 Å². The van der Waals surface area contributed by atoms with Crippen molar-refractivity contribution in [3.05, 3.63) is 0 Å². The summed E-state index contributed by atoms with van der Waals surface area (Å²) in [6.45, 7) is 4.12. The largest absolute Gasteiger partial charge is 0.479 e. The van der Waals surface area contributed by atoms with Crippen LogP contribution in [-0.4, -0.2) is 21.8 Å². The molecule has 0 amide bonds. The summed E-state index contributed by atoms with van der Waals surface area (Å²) in [5.41, 5.74) is -1.48. The minimum atomic E-state index is -1.48. The van der Waals surface area contributed by atoms with Crippen LogP contribution in [0.25, 0.3) is 0 Å². The molecule has 0 aromatic carbocycles. The van der Waals surface area contributed by atoms with E-state index >= 15 is 0 Å². The van der Waals surface area contributed by atoms with Gasteiger partial charge in [-0.3, -0.25) is 0 Å². The molecule has 1 saturated carbocycles. The van der Waals surface area contributed by atoms with E-state index in [-0.39, 0.29) is 5.92 Å². The molecular formula is C14H26O3. The molecule has 0 spiro atoms. The average molecular weight is 242 g/mol. The first-order chi connectivity index (χ1) is 8.04. The van der Waals surface area contributed by atoms with Gasteiger partial charge in [-0.15, -0.1) is 0 Å². The van der Waals surface area contributed by atoms with Crippen LogP contribution < -0.4 is 0 Å². The molecule has 1 aliphatic carbocycles. The summed E-state index contributed by atoms with van der Waals surface area (Å²) in [6, 6.07) is 0. The van der Waals surface area contributed by atoms with Crippen LogP contribution in [0.5, 0.6) is 0 Å². The number of hydrogen-bond donors (Lipinski definition) is 2. The fourth-order valence-electron chi connectivity index (χ4n) is 3.20. The van der Waals surface area contributed by atoms with Gasteiger partial charge in [0, 0.05) is 0 Å². The highest BCUT2D eigenvalue weighted by Crippen LogP contribution is 2.39. The van der Waals surface area contributed by atoms with Crippen LogP contribution in [0.15, 0.2) is 0 Å². The Hall–Kier alpha value is -0.570. The molecule has 0 aliphatic heterocycles. The van der Waals surface area contributed by atoms with Crippen LogP contribution in [0.3, 0.4) is 0 Å². The second-order valence-electron chi connectivity index (χ2n) is 5.49. The van der Waals surface area contributed by atoms with E-state index in [1.807, 2.05) is 6.92 Å². The predicted octanol–water partition coefficient (Wildman–Crippen LogP) is 3.21. The number of aliphatic hydroxyl groups is 1. The van der Waals surface area contributed by atoms with Gasteiger partial charge in [0.15, 0.2) is 5.60 Å². The molecule has 3 heteroatoms. The van der Waals surface area contributed by atoms with E-state index < -0.39 is 11.6 Å². The fraction of sp³-hybridized carbons (Fsp3) is 0.929. The summed E-state index contributed by atoms with van der Waals surface area (Å²) in [4.78, 5) is 11.3. The number of carboxylic acids is 1. The smallest absolute Gasteiger partial charge is 0.335 e. The zero-order valence-corrected chi connectivity index (χ0v) is 11.1. The SMILES string of the molecule is CCCC1CCC(C(O)(CCC)C(=O)O)CC1. The van der Waals surface area contributed by atoms with Crippen LogP contribution in [-0.2, 0) is 4.79 Å². The molecule has 0 aromatic heterocycles. The molecule has 2 N–H and O–H groups in total. The third-order valence-corrected chi connectivity index (χ3v) is 4.22. The Morgan fingerprint density at radius 3 is 2.18 bits per heavy atom. The van der Waals surface area contributed by atoms with Crippen LogP contribution in [0.2, 0.25) is 0 Å². The molecule has 0 radical (unpaired) electrons. The van der Waals surface area contributed by atoms with E-state index in [4.69, 9.17) is 0 Å². The molecular weight excluding hydrogens is 216 g/mol. The molecule has 0 saturated heterocycles. The molecule has 1 atom stereocenters. The molecule has 1 unspecified atom stereocenters. The van der Waals surface area contributed by atoms with Crippen molar-refractivity contribution in [3.8, 4) is 0 Å². The summed E-state index contributed by atoms with van der Waals surface area (Å²) in [6.07, 6.45) is 7.44. The lowest BCUT2D eigenvalue weighted by Crippen LogP contribution is -2.47. The summed E-state index contributed by atoms with van der Waals surface area (Å²) < 4.78 is 0.